The lowest BCUT2D eigenvalue weighted by Crippen LogP contribution is -2.40. The maximum absolute atomic E-state index is 12.5. The van der Waals surface area contributed by atoms with Crippen LogP contribution in [-0.2, 0) is 4.79 Å². The number of likely N-dealkylation sites (N-methyl/N-ethyl adjacent to an activating group) is 1. The van der Waals surface area contributed by atoms with Gasteiger partial charge >= 0.3 is 5.97 Å². The molecule has 1 atom stereocenters. The minimum absolute atomic E-state index is 0.0438. The number of hydrogen-bond donors (Lipinski definition) is 1. The van der Waals surface area contributed by atoms with Gasteiger partial charge in [0.15, 0.2) is 29.3 Å². The standard InChI is InChI=1S/C16H16N2O6/c1-9(16(20)21)18(2)15(19)13-14(24-8-17-13)10-3-4-11-12(7-10)23-6-5-22-11/h3-4,7-9H,5-6H2,1-2H3,(H,20,21)/t9-/m1/s1. The highest BCUT2D eigenvalue weighted by Crippen LogP contribution is 2.35. The molecule has 0 radical (unpaired) electrons. The van der Waals surface area contributed by atoms with E-state index in [4.69, 9.17) is 19.0 Å². The number of carbonyl (C=O) groups excluding carboxylic acids is 1. The number of amides is 1. The predicted molar refractivity (Wildman–Crippen MR) is 82.1 cm³/mol. The molecular weight excluding hydrogens is 316 g/mol. The molecule has 8 nitrogen and oxygen atoms in total. The SMILES string of the molecule is C[C@H](C(=O)O)N(C)C(=O)c1ncoc1-c1ccc2c(c1)OCCO2. The topological polar surface area (TPSA) is 102 Å². The smallest absolute Gasteiger partial charge is 0.326 e. The Morgan fingerprint density at radius 3 is 2.67 bits per heavy atom. The molecule has 0 fully saturated rings. The van der Waals surface area contributed by atoms with Crippen molar-refractivity contribution in [3.63, 3.8) is 0 Å². The first-order valence-electron chi connectivity index (χ1n) is 7.32. The lowest BCUT2D eigenvalue weighted by atomic mass is 10.1. The van der Waals surface area contributed by atoms with Gasteiger partial charge in [-0.05, 0) is 25.1 Å². The van der Waals surface area contributed by atoms with Crippen LogP contribution in [0.3, 0.4) is 0 Å². The minimum Gasteiger partial charge on any atom is -0.486 e. The number of benzene rings is 1. The zero-order valence-electron chi connectivity index (χ0n) is 13.2. The zero-order chi connectivity index (χ0) is 17.3. The highest BCUT2D eigenvalue weighted by Gasteiger charge is 2.28. The molecular formula is C16H16N2O6. The van der Waals surface area contributed by atoms with Crippen LogP contribution < -0.4 is 9.47 Å². The number of hydrogen-bond acceptors (Lipinski definition) is 6. The van der Waals surface area contributed by atoms with E-state index >= 15 is 0 Å². The van der Waals surface area contributed by atoms with Gasteiger partial charge in [-0.2, -0.15) is 0 Å². The van der Waals surface area contributed by atoms with Crippen LogP contribution in [0.2, 0.25) is 0 Å². The largest absolute Gasteiger partial charge is 0.486 e. The molecule has 0 saturated carbocycles. The molecule has 0 aliphatic carbocycles. The average Bonchev–Trinajstić information content (AvgIpc) is 3.08. The fourth-order valence-electron chi connectivity index (χ4n) is 2.30. The Kier molecular flexibility index (Phi) is 4.11. The van der Waals surface area contributed by atoms with E-state index in [0.29, 0.717) is 30.3 Å². The predicted octanol–water partition coefficient (Wildman–Crippen LogP) is 1.66. The molecule has 2 aromatic rings. The third-order valence-corrected chi connectivity index (χ3v) is 3.83. The number of aromatic nitrogens is 1. The van der Waals surface area contributed by atoms with Crippen molar-refractivity contribution >= 4 is 11.9 Å². The molecule has 1 N–H and O–H groups in total. The van der Waals surface area contributed by atoms with Gasteiger partial charge in [0.1, 0.15) is 19.3 Å². The fraction of sp³-hybridized carbons (Fsp3) is 0.312. The summed E-state index contributed by atoms with van der Waals surface area (Å²) < 4.78 is 16.3. The van der Waals surface area contributed by atoms with Crippen LogP contribution in [0.5, 0.6) is 11.5 Å². The third-order valence-electron chi connectivity index (χ3n) is 3.83. The Bertz CT molecular complexity index is 785. The van der Waals surface area contributed by atoms with Crippen molar-refractivity contribution in [3.8, 4) is 22.8 Å². The lowest BCUT2D eigenvalue weighted by molar-refractivity contribution is -0.141. The molecule has 24 heavy (non-hydrogen) atoms. The first-order chi connectivity index (χ1) is 11.5. The molecule has 0 unspecified atom stereocenters. The van der Waals surface area contributed by atoms with E-state index in [0.717, 1.165) is 11.3 Å². The number of carboxylic acid groups (broad SMARTS) is 1. The first kappa shape index (κ1) is 15.9. The van der Waals surface area contributed by atoms with Crippen LogP contribution in [0, 0.1) is 0 Å². The van der Waals surface area contributed by atoms with Crippen LogP contribution in [0.25, 0.3) is 11.3 Å². The van der Waals surface area contributed by atoms with Gasteiger partial charge in [0.2, 0.25) is 0 Å². The third kappa shape index (κ3) is 2.78. The molecule has 2 heterocycles. The van der Waals surface area contributed by atoms with E-state index in [1.54, 1.807) is 18.2 Å². The number of aliphatic carboxylic acids is 1. The highest BCUT2D eigenvalue weighted by atomic mass is 16.6. The Hall–Kier alpha value is -3.03. The number of carbonyl (C=O) groups is 2. The molecule has 8 heteroatoms. The Morgan fingerprint density at radius 2 is 1.96 bits per heavy atom. The van der Waals surface area contributed by atoms with Gasteiger partial charge in [-0.25, -0.2) is 9.78 Å². The molecule has 0 spiro atoms. The molecule has 1 aliphatic heterocycles. The summed E-state index contributed by atoms with van der Waals surface area (Å²) in [7, 11) is 1.41. The van der Waals surface area contributed by atoms with Crippen molar-refractivity contribution in [1.29, 1.82) is 0 Å². The first-order valence-corrected chi connectivity index (χ1v) is 7.32. The van der Waals surface area contributed by atoms with Crippen LogP contribution in [-0.4, -0.2) is 53.2 Å². The van der Waals surface area contributed by atoms with Crippen molar-refractivity contribution in [2.45, 2.75) is 13.0 Å². The Labute approximate surface area is 137 Å². The zero-order valence-corrected chi connectivity index (χ0v) is 13.2. The summed E-state index contributed by atoms with van der Waals surface area (Å²) in [4.78, 5) is 28.6. The van der Waals surface area contributed by atoms with E-state index in [1.807, 2.05) is 0 Å². The second kappa shape index (κ2) is 6.23. The summed E-state index contributed by atoms with van der Waals surface area (Å²) in [5.74, 6) is -0.213. The number of oxazole rings is 1. The van der Waals surface area contributed by atoms with Gasteiger partial charge in [0.05, 0.1) is 0 Å². The molecule has 0 bridgehead atoms. The maximum Gasteiger partial charge on any atom is 0.326 e. The minimum atomic E-state index is -1.10. The summed E-state index contributed by atoms with van der Waals surface area (Å²) in [6, 6.07) is 4.17. The molecule has 1 aromatic heterocycles. The lowest BCUT2D eigenvalue weighted by Gasteiger charge is -2.21. The normalized spacial score (nSPS) is 14.1. The number of fused-ring (bicyclic) bond motifs is 1. The summed E-state index contributed by atoms with van der Waals surface area (Å²) in [5.41, 5.74) is 0.638. The summed E-state index contributed by atoms with van der Waals surface area (Å²) in [5, 5.41) is 9.05. The van der Waals surface area contributed by atoms with E-state index in [9.17, 15) is 9.59 Å². The van der Waals surface area contributed by atoms with Gasteiger partial charge in [-0.1, -0.05) is 0 Å². The number of rotatable bonds is 4. The average molecular weight is 332 g/mol. The van der Waals surface area contributed by atoms with E-state index in [-0.39, 0.29) is 11.5 Å². The quantitative estimate of drug-likeness (QED) is 0.908. The van der Waals surface area contributed by atoms with Crippen molar-refractivity contribution < 1.29 is 28.6 Å². The summed E-state index contributed by atoms with van der Waals surface area (Å²) in [6.07, 6.45) is 1.15. The summed E-state index contributed by atoms with van der Waals surface area (Å²) >= 11 is 0. The van der Waals surface area contributed by atoms with Crippen LogP contribution >= 0.6 is 0 Å². The van der Waals surface area contributed by atoms with Gasteiger partial charge in [0.25, 0.3) is 5.91 Å². The fourth-order valence-corrected chi connectivity index (χ4v) is 2.30. The maximum atomic E-state index is 12.5. The second-order valence-electron chi connectivity index (χ2n) is 5.32. The van der Waals surface area contributed by atoms with Gasteiger partial charge in [-0.3, -0.25) is 4.79 Å². The molecule has 0 saturated heterocycles. The second-order valence-corrected chi connectivity index (χ2v) is 5.32. The molecule has 1 amide bonds. The number of ether oxygens (including phenoxy) is 2. The van der Waals surface area contributed by atoms with Gasteiger partial charge in [-0.15, -0.1) is 0 Å². The van der Waals surface area contributed by atoms with E-state index < -0.39 is 17.9 Å². The van der Waals surface area contributed by atoms with Crippen LogP contribution in [0.1, 0.15) is 17.4 Å². The number of carboxylic acids is 1. The summed E-state index contributed by atoms with van der Waals surface area (Å²) in [6.45, 7) is 2.35. The Balaban J connectivity index is 1.93. The van der Waals surface area contributed by atoms with Crippen LogP contribution in [0.4, 0.5) is 0 Å². The Morgan fingerprint density at radius 1 is 1.25 bits per heavy atom. The monoisotopic (exact) mass is 332 g/mol. The van der Waals surface area contributed by atoms with Crippen molar-refractivity contribution in [2.24, 2.45) is 0 Å². The van der Waals surface area contributed by atoms with Crippen molar-refractivity contribution in [1.82, 2.24) is 9.88 Å². The molecule has 126 valence electrons. The number of nitrogens with zero attached hydrogens (tertiary/aromatic N) is 2. The van der Waals surface area contributed by atoms with Crippen LogP contribution in [0.15, 0.2) is 29.0 Å². The van der Waals surface area contributed by atoms with E-state index in [1.165, 1.54) is 14.0 Å². The molecule has 3 rings (SSSR count). The van der Waals surface area contributed by atoms with E-state index in [2.05, 4.69) is 4.98 Å². The van der Waals surface area contributed by atoms with Crippen molar-refractivity contribution in [2.75, 3.05) is 20.3 Å². The highest BCUT2D eigenvalue weighted by molar-refractivity contribution is 5.99. The molecule has 1 aliphatic rings. The van der Waals surface area contributed by atoms with Gasteiger partial charge in [0, 0.05) is 12.6 Å². The van der Waals surface area contributed by atoms with Gasteiger partial charge < -0.3 is 23.9 Å². The van der Waals surface area contributed by atoms with Crippen molar-refractivity contribution in [3.05, 3.63) is 30.3 Å². The molecule has 1 aromatic carbocycles.